The topological polar surface area (TPSA) is 74.1 Å². The molecule has 0 radical (unpaired) electrons. The quantitative estimate of drug-likeness (QED) is 0.589. The van der Waals surface area contributed by atoms with Crippen molar-refractivity contribution in [3.8, 4) is 11.5 Å². The maximum absolute atomic E-state index is 5.95. The van der Waals surface area contributed by atoms with E-state index in [0.717, 1.165) is 35.6 Å². The Morgan fingerprint density at radius 3 is 2.59 bits per heavy atom. The smallest absolute Gasteiger partial charge is 0.243 e. The number of tetrazole rings is 1. The van der Waals surface area contributed by atoms with Gasteiger partial charge in [0.1, 0.15) is 6.61 Å². The van der Waals surface area contributed by atoms with Crippen LogP contribution in [0.15, 0.2) is 48.5 Å². The molecule has 0 atom stereocenters. The van der Waals surface area contributed by atoms with Crippen LogP contribution in [0.5, 0.6) is 11.5 Å². The van der Waals surface area contributed by atoms with E-state index in [1.54, 1.807) is 4.68 Å². The Kier molecular flexibility index (Phi) is 6.62. The highest BCUT2D eigenvalue weighted by atomic mass is 16.5. The number of hydrogen-bond donors (Lipinski definition) is 1. The van der Waals surface area contributed by atoms with Gasteiger partial charge in [0, 0.05) is 13.1 Å². The van der Waals surface area contributed by atoms with E-state index in [4.69, 9.17) is 9.47 Å². The summed E-state index contributed by atoms with van der Waals surface area (Å²) in [6.45, 7) is 6.52. The van der Waals surface area contributed by atoms with Gasteiger partial charge in [-0.25, -0.2) is 4.68 Å². The minimum absolute atomic E-state index is 0.504. The van der Waals surface area contributed by atoms with Gasteiger partial charge in [0.05, 0.1) is 6.61 Å². The first kappa shape index (κ1) is 18.7. The Bertz CT molecular complexity index is 835. The number of aryl methyl sites for hydroxylation is 1. The van der Waals surface area contributed by atoms with Gasteiger partial charge in [-0.3, -0.25) is 0 Å². The molecule has 7 nitrogen and oxygen atoms in total. The van der Waals surface area contributed by atoms with Gasteiger partial charge in [0.2, 0.25) is 5.95 Å². The molecule has 1 aromatic heterocycles. The van der Waals surface area contributed by atoms with E-state index in [-0.39, 0.29) is 0 Å². The predicted octanol–water partition coefficient (Wildman–Crippen LogP) is 3.67. The van der Waals surface area contributed by atoms with Crippen molar-refractivity contribution in [2.24, 2.45) is 0 Å². The van der Waals surface area contributed by atoms with Gasteiger partial charge in [-0.15, -0.1) is 0 Å². The lowest BCUT2D eigenvalue weighted by molar-refractivity contribution is 0.269. The van der Waals surface area contributed by atoms with Gasteiger partial charge in [-0.1, -0.05) is 48.4 Å². The molecule has 142 valence electrons. The van der Waals surface area contributed by atoms with E-state index in [1.165, 1.54) is 0 Å². The second kappa shape index (κ2) is 9.56. The number of ether oxygens (including phenoxy) is 2. The van der Waals surface area contributed by atoms with Crippen LogP contribution >= 0.6 is 0 Å². The second-order valence-corrected chi connectivity index (χ2v) is 6.07. The molecule has 0 bridgehead atoms. The molecule has 1 heterocycles. The minimum atomic E-state index is 0.504. The maximum atomic E-state index is 5.95. The molecule has 0 spiro atoms. The average Bonchev–Trinajstić information content (AvgIpc) is 3.14. The number of hydrogen-bond acceptors (Lipinski definition) is 6. The first-order valence-electron chi connectivity index (χ1n) is 9.22. The molecule has 3 rings (SSSR count). The zero-order valence-corrected chi connectivity index (χ0v) is 15.8. The van der Waals surface area contributed by atoms with E-state index >= 15 is 0 Å². The van der Waals surface area contributed by atoms with Crippen LogP contribution in [0.4, 0.5) is 5.95 Å². The summed E-state index contributed by atoms with van der Waals surface area (Å²) in [6, 6.07) is 16.0. The van der Waals surface area contributed by atoms with Gasteiger partial charge in [0.15, 0.2) is 11.5 Å². The van der Waals surface area contributed by atoms with Crippen molar-refractivity contribution in [2.75, 3.05) is 11.9 Å². The zero-order chi connectivity index (χ0) is 18.9. The predicted molar refractivity (Wildman–Crippen MR) is 104 cm³/mol. The van der Waals surface area contributed by atoms with Gasteiger partial charge in [0.25, 0.3) is 0 Å². The van der Waals surface area contributed by atoms with Crippen LogP contribution in [0.25, 0.3) is 0 Å². The third kappa shape index (κ3) is 5.20. The first-order chi connectivity index (χ1) is 13.3. The molecule has 1 N–H and O–H groups in total. The van der Waals surface area contributed by atoms with Gasteiger partial charge >= 0.3 is 0 Å². The summed E-state index contributed by atoms with van der Waals surface area (Å²) >= 11 is 0. The standard InChI is InChI=1S/C20H25N5O2/c1-3-12-25-20(22-23-24-25)21-14-17-10-11-18(19(13-17)26-4-2)27-15-16-8-6-5-7-9-16/h5-11,13H,3-4,12,14-15H2,1-2H3,(H,21,22,24). The molecule has 2 aromatic carbocycles. The number of anilines is 1. The van der Waals surface area contributed by atoms with E-state index in [9.17, 15) is 0 Å². The zero-order valence-electron chi connectivity index (χ0n) is 15.8. The van der Waals surface area contributed by atoms with Crippen molar-refractivity contribution >= 4 is 5.95 Å². The normalized spacial score (nSPS) is 10.6. The fourth-order valence-corrected chi connectivity index (χ4v) is 2.66. The highest BCUT2D eigenvalue weighted by Crippen LogP contribution is 2.29. The van der Waals surface area contributed by atoms with E-state index in [2.05, 4.69) is 27.8 Å². The highest BCUT2D eigenvalue weighted by molar-refractivity contribution is 5.44. The SMILES string of the molecule is CCCn1nnnc1NCc1ccc(OCc2ccccc2)c(OCC)c1. The number of benzene rings is 2. The molecule has 0 aliphatic heterocycles. The van der Waals surface area contributed by atoms with Crippen molar-refractivity contribution < 1.29 is 9.47 Å². The molecule has 0 saturated heterocycles. The maximum Gasteiger partial charge on any atom is 0.243 e. The molecule has 0 aliphatic carbocycles. The Labute approximate surface area is 159 Å². The van der Waals surface area contributed by atoms with Crippen LogP contribution in [0.3, 0.4) is 0 Å². The van der Waals surface area contributed by atoms with E-state index < -0.39 is 0 Å². The number of nitrogens with zero attached hydrogens (tertiary/aromatic N) is 4. The van der Waals surface area contributed by atoms with Gasteiger partial charge in [-0.2, -0.15) is 0 Å². The second-order valence-electron chi connectivity index (χ2n) is 6.07. The third-order valence-electron chi connectivity index (χ3n) is 3.96. The lowest BCUT2D eigenvalue weighted by Gasteiger charge is -2.14. The summed E-state index contributed by atoms with van der Waals surface area (Å²) in [5.74, 6) is 2.14. The summed E-state index contributed by atoms with van der Waals surface area (Å²) in [5.41, 5.74) is 2.19. The average molecular weight is 367 g/mol. The monoisotopic (exact) mass is 367 g/mol. The molecule has 3 aromatic rings. The lowest BCUT2D eigenvalue weighted by Crippen LogP contribution is -2.09. The minimum Gasteiger partial charge on any atom is -0.490 e. The largest absolute Gasteiger partial charge is 0.490 e. The summed E-state index contributed by atoms with van der Waals surface area (Å²) in [4.78, 5) is 0. The Balaban J connectivity index is 1.66. The molecule has 0 amide bonds. The van der Waals surface area contributed by atoms with Crippen LogP contribution < -0.4 is 14.8 Å². The van der Waals surface area contributed by atoms with Crippen LogP contribution in [0, 0.1) is 0 Å². The molecule has 0 unspecified atom stereocenters. The highest BCUT2D eigenvalue weighted by Gasteiger charge is 2.09. The Morgan fingerprint density at radius 1 is 0.963 bits per heavy atom. The summed E-state index contributed by atoms with van der Waals surface area (Å²) < 4.78 is 13.5. The number of nitrogens with one attached hydrogen (secondary N) is 1. The molecule has 0 aliphatic rings. The van der Waals surface area contributed by atoms with Crippen LogP contribution in [-0.4, -0.2) is 26.8 Å². The van der Waals surface area contributed by atoms with Crippen LogP contribution in [0.2, 0.25) is 0 Å². The Hall–Kier alpha value is -3.09. The fourth-order valence-electron chi connectivity index (χ4n) is 2.66. The van der Waals surface area contributed by atoms with E-state index in [1.807, 2.05) is 55.5 Å². The van der Waals surface area contributed by atoms with Gasteiger partial charge < -0.3 is 14.8 Å². The summed E-state index contributed by atoms with van der Waals surface area (Å²) in [5, 5.41) is 15.0. The van der Waals surface area contributed by atoms with Crippen molar-refractivity contribution in [3.63, 3.8) is 0 Å². The van der Waals surface area contributed by atoms with Crippen molar-refractivity contribution in [1.29, 1.82) is 0 Å². The van der Waals surface area contributed by atoms with Crippen molar-refractivity contribution in [3.05, 3.63) is 59.7 Å². The molecule has 0 saturated carbocycles. The molecule has 0 fully saturated rings. The number of aromatic nitrogens is 4. The van der Waals surface area contributed by atoms with Crippen molar-refractivity contribution in [2.45, 2.75) is 40.0 Å². The van der Waals surface area contributed by atoms with Crippen LogP contribution in [-0.2, 0) is 19.7 Å². The molecular formula is C20H25N5O2. The molecule has 27 heavy (non-hydrogen) atoms. The fraction of sp³-hybridized carbons (Fsp3) is 0.350. The Morgan fingerprint density at radius 2 is 1.81 bits per heavy atom. The van der Waals surface area contributed by atoms with Gasteiger partial charge in [-0.05, 0) is 47.0 Å². The summed E-state index contributed by atoms with van der Waals surface area (Å²) in [7, 11) is 0. The molecule has 7 heteroatoms. The third-order valence-corrected chi connectivity index (χ3v) is 3.96. The molecular weight excluding hydrogens is 342 g/mol. The lowest BCUT2D eigenvalue weighted by atomic mass is 10.2. The number of rotatable bonds is 10. The summed E-state index contributed by atoms with van der Waals surface area (Å²) in [6.07, 6.45) is 0.974. The van der Waals surface area contributed by atoms with Crippen LogP contribution in [0.1, 0.15) is 31.4 Å². The van der Waals surface area contributed by atoms with Crippen molar-refractivity contribution in [1.82, 2.24) is 20.2 Å². The van der Waals surface area contributed by atoms with E-state index in [0.29, 0.717) is 25.7 Å². The first-order valence-corrected chi connectivity index (χ1v) is 9.22.